The van der Waals surface area contributed by atoms with Crippen molar-refractivity contribution in [2.24, 2.45) is 5.92 Å². The molecule has 1 aliphatic rings. The van der Waals surface area contributed by atoms with Gasteiger partial charge in [-0.2, -0.15) is 0 Å². The van der Waals surface area contributed by atoms with Crippen LogP contribution in [0.15, 0.2) is 42.7 Å². The summed E-state index contributed by atoms with van der Waals surface area (Å²) < 4.78 is 19.7. The Balaban J connectivity index is 1.76. The zero-order valence-electron chi connectivity index (χ0n) is 12.1. The van der Waals surface area contributed by atoms with Gasteiger partial charge in [-0.15, -0.1) is 0 Å². The maximum Gasteiger partial charge on any atom is 0.167 e. The molecule has 0 spiro atoms. The fraction of sp³-hybridized carbons (Fsp3) is 0.353. The molecule has 1 fully saturated rings. The molecule has 3 nitrogen and oxygen atoms in total. The van der Waals surface area contributed by atoms with Crippen molar-refractivity contribution in [1.82, 2.24) is 4.98 Å². The van der Waals surface area contributed by atoms with Crippen molar-refractivity contribution >= 4 is 5.69 Å². The predicted molar refractivity (Wildman–Crippen MR) is 81.3 cm³/mol. The van der Waals surface area contributed by atoms with E-state index in [1.807, 2.05) is 6.07 Å². The minimum atomic E-state index is -0.338. The first-order valence-electron chi connectivity index (χ1n) is 7.35. The number of hydrogen-bond acceptors (Lipinski definition) is 3. The molecule has 2 aromatic rings. The summed E-state index contributed by atoms with van der Waals surface area (Å²) in [6, 6.07) is 8.69. The van der Waals surface area contributed by atoms with Crippen LogP contribution >= 0.6 is 0 Å². The van der Waals surface area contributed by atoms with Gasteiger partial charge in [0.2, 0.25) is 0 Å². The Bertz CT molecular complexity index is 603. The quantitative estimate of drug-likeness (QED) is 0.843. The van der Waals surface area contributed by atoms with Gasteiger partial charge in [-0.3, -0.25) is 4.98 Å². The number of pyridine rings is 1. The van der Waals surface area contributed by atoms with Crippen molar-refractivity contribution < 1.29 is 9.13 Å². The second kappa shape index (κ2) is 6.12. The van der Waals surface area contributed by atoms with Crippen LogP contribution in [-0.2, 0) is 0 Å². The maximum atomic E-state index is 14.2. The average Bonchev–Trinajstić information content (AvgIpc) is 2.50. The largest absolute Gasteiger partial charge is 0.453 e. The summed E-state index contributed by atoms with van der Waals surface area (Å²) in [6.07, 6.45) is 5.64. The molecule has 0 bridgehead atoms. The highest BCUT2D eigenvalue weighted by Gasteiger charge is 2.18. The first-order valence-corrected chi connectivity index (χ1v) is 7.35. The second-order valence-electron chi connectivity index (χ2n) is 5.60. The molecular formula is C17H19FN2O. The number of anilines is 1. The third-order valence-electron chi connectivity index (χ3n) is 3.80. The summed E-state index contributed by atoms with van der Waals surface area (Å²) >= 11 is 0. The van der Waals surface area contributed by atoms with E-state index < -0.39 is 0 Å². The third-order valence-corrected chi connectivity index (χ3v) is 3.80. The molecule has 0 amide bonds. The molecule has 1 aromatic heterocycles. The van der Waals surface area contributed by atoms with Crippen LogP contribution in [0, 0.1) is 11.7 Å². The number of ether oxygens (including phenoxy) is 1. The van der Waals surface area contributed by atoms with E-state index in [0.717, 1.165) is 25.2 Å². The normalized spacial score (nSPS) is 18.6. The lowest BCUT2D eigenvalue weighted by atomic mass is 10.00. The molecule has 0 N–H and O–H groups in total. The Labute approximate surface area is 124 Å². The summed E-state index contributed by atoms with van der Waals surface area (Å²) in [4.78, 5) is 6.20. The van der Waals surface area contributed by atoms with Gasteiger partial charge in [0.05, 0.1) is 6.20 Å². The third kappa shape index (κ3) is 3.32. The Morgan fingerprint density at radius 1 is 1.33 bits per heavy atom. The van der Waals surface area contributed by atoms with Crippen molar-refractivity contribution in [1.29, 1.82) is 0 Å². The fourth-order valence-electron chi connectivity index (χ4n) is 2.73. The average molecular weight is 286 g/mol. The van der Waals surface area contributed by atoms with Crippen LogP contribution in [0.2, 0.25) is 0 Å². The standard InChI is InChI=1S/C17H19FN2O/c1-13-4-3-9-20(12-13)14-6-7-17(16(18)10-14)21-15-5-2-8-19-11-15/h2,5-8,10-11,13H,3-4,9,12H2,1H3. The lowest BCUT2D eigenvalue weighted by Crippen LogP contribution is -2.34. The first kappa shape index (κ1) is 13.9. The van der Waals surface area contributed by atoms with E-state index in [0.29, 0.717) is 11.7 Å². The highest BCUT2D eigenvalue weighted by Crippen LogP contribution is 2.29. The highest BCUT2D eigenvalue weighted by molar-refractivity contribution is 5.50. The van der Waals surface area contributed by atoms with Gasteiger partial charge in [-0.25, -0.2) is 4.39 Å². The molecule has 1 aromatic carbocycles. The summed E-state index contributed by atoms with van der Waals surface area (Å²) in [7, 11) is 0. The number of hydrogen-bond donors (Lipinski definition) is 0. The van der Waals surface area contributed by atoms with Crippen molar-refractivity contribution in [3.05, 3.63) is 48.5 Å². The van der Waals surface area contributed by atoms with Gasteiger partial charge >= 0.3 is 0 Å². The van der Waals surface area contributed by atoms with E-state index in [-0.39, 0.29) is 11.6 Å². The van der Waals surface area contributed by atoms with E-state index in [2.05, 4.69) is 16.8 Å². The molecule has 2 heterocycles. The molecule has 0 radical (unpaired) electrons. The van der Waals surface area contributed by atoms with Crippen LogP contribution in [0.3, 0.4) is 0 Å². The molecule has 110 valence electrons. The van der Waals surface area contributed by atoms with E-state index in [4.69, 9.17) is 4.74 Å². The maximum absolute atomic E-state index is 14.2. The molecule has 1 atom stereocenters. The van der Waals surface area contributed by atoms with Crippen LogP contribution in [-0.4, -0.2) is 18.1 Å². The number of aromatic nitrogens is 1. The smallest absolute Gasteiger partial charge is 0.167 e. The van der Waals surface area contributed by atoms with Gasteiger partial charge in [-0.1, -0.05) is 6.92 Å². The van der Waals surface area contributed by atoms with E-state index >= 15 is 0 Å². The Kier molecular flexibility index (Phi) is 4.04. The van der Waals surface area contributed by atoms with E-state index in [1.165, 1.54) is 6.42 Å². The Morgan fingerprint density at radius 2 is 2.24 bits per heavy atom. The molecule has 1 saturated heterocycles. The minimum Gasteiger partial charge on any atom is -0.453 e. The van der Waals surface area contributed by atoms with Gasteiger partial charge in [0.15, 0.2) is 11.6 Å². The van der Waals surface area contributed by atoms with Crippen LogP contribution in [0.25, 0.3) is 0 Å². The van der Waals surface area contributed by atoms with Gasteiger partial charge < -0.3 is 9.64 Å². The summed E-state index contributed by atoms with van der Waals surface area (Å²) in [5.41, 5.74) is 0.928. The monoisotopic (exact) mass is 286 g/mol. The highest BCUT2D eigenvalue weighted by atomic mass is 19.1. The molecule has 0 aliphatic carbocycles. The number of piperidine rings is 1. The molecule has 21 heavy (non-hydrogen) atoms. The summed E-state index contributed by atoms with van der Waals surface area (Å²) in [6.45, 7) is 4.22. The lowest BCUT2D eigenvalue weighted by Gasteiger charge is -2.32. The van der Waals surface area contributed by atoms with Crippen molar-refractivity contribution in [3.63, 3.8) is 0 Å². The van der Waals surface area contributed by atoms with Crippen molar-refractivity contribution in [2.75, 3.05) is 18.0 Å². The first-order chi connectivity index (χ1) is 10.2. The minimum absolute atomic E-state index is 0.233. The van der Waals surface area contributed by atoms with Gasteiger partial charge in [0, 0.05) is 31.0 Å². The van der Waals surface area contributed by atoms with E-state index in [1.54, 1.807) is 36.7 Å². The zero-order valence-corrected chi connectivity index (χ0v) is 12.1. The summed E-state index contributed by atoms with van der Waals surface area (Å²) in [5, 5.41) is 0. The summed E-state index contributed by atoms with van der Waals surface area (Å²) in [5.74, 6) is 1.09. The predicted octanol–water partition coefficient (Wildman–Crippen LogP) is 4.25. The van der Waals surface area contributed by atoms with Crippen LogP contribution in [0.1, 0.15) is 19.8 Å². The number of nitrogens with zero attached hydrogens (tertiary/aromatic N) is 2. The SMILES string of the molecule is CC1CCCN(c2ccc(Oc3cccnc3)c(F)c2)C1. The number of halogens is 1. The Morgan fingerprint density at radius 3 is 2.95 bits per heavy atom. The molecular weight excluding hydrogens is 267 g/mol. The fourth-order valence-corrected chi connectivity index (χ4v) is 2.73. The molecule has 3 rings (SSSR count). The molecule has 1 unspecified atom stereocenters. The zero-order chi connectivity index (χ0) is 14.7. The van der Waals surface area contributed by atoms with Gasteiger partial charge in [0.25, 0.3) is 0 Å². The molecule has 0 saturated carbocycles. The van der Waals surface area contributed by atoms with Crippen molar-refractivity contribution in [3.8, 4) is 11.5 Å². The van der Waals surface area contributed by atoms with Crippen LogP contribution in [0.4, 0.5) is 10.1 Å². The topological polar surface area (TPSA) is 25.4 Å². The van der Waals surface area contributed by atoms with Gasteiger partial charge in [0.1, 0.15) is 5.75 Å². The number of benzene rings is 1. The van der Waals surface area contributed by atoms with Gasteiger partial charge in [-0.05, 0) is 43.0 Å². The Hall–Kier alpha value is -2.10. The number of rotatable bonds is 3. The molecule has 1 aliphatic heterocycles. The lowest BCUT2D eigenvalue weighted by molar-refractivity contribution is 0.435. The van der Waals surface area contributed by atoms with E-state index in [9.17, 15) is 4.39 Å². The second-order valence-corrected chi connectivity index (χ2v) is 5.60. The van der Waals surface area contributed by atoms with Crippen LogP contribution in [0.5, 0.6) is 11.5 Å². The molecule has 4 heteroatoms. The van der Waals surface area contributed by atoms with Crippen molar-refractivity contribution in [2.45, 2.75) is 19.8 Å². The van der Waals surface area contributed by atoms with Crippen LogP contribution < -0.4 is 9.64 Å².